The Balaban J connectivity index is 1.88. The Morgan fingerprint density at radius 3 is 3.00 bits per heavy atom. The Hall–Kier alpha value is -0.650. The van der Waals surface area contributed by atoms with Gasteiger partial charge < -0.3 is 15.0 Å². The van der Waals surface area contributed by atoms with Gasteiger partial charge in [-0.25, -0.2) is 4.98 Å². The Morgan fingerprint density at radius 1 is 1.48 bits per heavy atom. The lowest BCUT2D eigenvalue weighted by molar-refractivity contribution is 0.0440. The highest BCUT2D eigenvalue weighted by Crippen LogP contribution is 2.25. The minimum absolute atomic E-state index is 0.133. The summed E-state index contributed by atoms with van der Waals surface area (Å²) in [6, 6.07) is 0. The second-order valence-electron chi connectivity index (χ2n) is 6.81. The number of nitrogens with one attached hydrogen (secondary N) is 1. The molecule has 4 nitrogen and oxygen atoms in total. The molecule has 1 aromatic rings. The zero-order valence-electron chi connectivity index (χ0n) is 13.8. The number of ether oxygens (including phenoxy) is 1. The van der Waals surface area contributed by atoms with E-state index in [4.69, 9.17) is 9.72 Å². The molecule has 1 fully saturated rings. The highest BCUT2D eigenvalue weighted by atomic mass is 32.1. The molecule has 0 radical (unpaired) electrons. The smallest absolute Gasteiger partial charge is 0.185 e. The van der Waals surface area contributed by atoms with Crippen LogP contribution in [0.1, 0.15) is 52.7 Å². The summed E-state index contributed by atoms with van der Waals surface area (Å²) in [5.74, 6) is 0. The maximum absolute atomic E-state index is 5.91. The summed E-state index contributed by atoms with van der Waals surface area (Å²) >= 11 is 1.75. The number of piperidine rings is 1. The maximum Gasteiger partial charge on any atom is 0.185 e. The number of rotatable bonds is 6. The van der Waals surface area contributed by atoms with Crippen LogP contribution in [0.15, 0.2) is 5.38 Å². The van der Waals surface area contributed by atoms with Gasteiger partial charge >= 0.3 is 0 Å². The normalized spacial score (nSPS) is 20.0. The first-order valence-electron chi connectivity index (χ1n) is 8.04. The van der Waals surface area contributed by atoms with Gasteiger partial charge in [0.25, 0.3) is 0 Å². The highest BCUT2D eigenvalue weighted by molar-refractivity contribution is 7.13. The average molecular weight is 311 g/mol. The van der Waals surface area contributed by atoms with Crippen LogP contribution in [0, 0.1) is 0 Å². The molecule has 0 amide bonds. The molecule has 1 unspecified atom stereocenters. The van der Waals surface area contributed by atoms with Crippen molar-refractivity contribution in [1.82, 2.24) is 10.3 Å². The first-order chi connectivity index (χ1) is 9.98. The molecule has 0 saturated carbocycles. The van der Waals surface area contributed by atoms with Crippen LogP contribution in [-0.4, -0.2) is 36.3 Å². The predicted molar refractivity (Wildman–Crippen MR) is 90.2 cm³/mol. The lowest BCUT2D eigenvalue weighted by atomic mass is 10.1. The number of hydrogen-bond acceptors (Lipinski definition) is 5. The van der Waals surface area contributed by atoms with E-state index < -0.39 is 0 Å². The Kier molecular flexibility index (Phi) is 6.02. The van der Waals surface area contributed by atoms with Crippen LogP contribution >= 0.6 is 11.3 Å². The molecule has 1 aliphatic rings. The fourth-order valence-corrected chi connectivity index (χ4v) is 3.27. The van der Waals surface area contributed by atoms with Crippen molar-refractivity contribution in [3.8, 4) is 0 Å². The summed E-state index contributed by atoms with van der Waals surface area (Å²) in [5, 5.41) is 6.81. The van der Waals surface area contributed by atoms with Crippen molar-refractivity contribution in [1.29, 1.82) is 0 Å². The lowest BCUT2D eigenvalue weighted by Crippen LogP contribution is -2.40. The summed E-state index contributed by atoms with van der Waals surface area (Å²) < 4.78 is 5.91. The van der Waals surface area contributed by atoms with Gasteiger partial charge in [-0.2, -0.15) is 0 Å². The molecule has 1 saturated heterocycles. The summed E-state index contributed by atoms with van der Waals surface area (Å²) in [4.78, 5) is 7.16. The standard InChI is InChI=1S/C16H29N3OS/c1-5-9-20-14-7-6-8-19(11-14)15-18-13(12-21-15)10-17-16(2,3)4/h12,14,17H,5-11H2,1-4H3. The number of nitrogens with zero attached hydrogens (tertiary/aromatic N) is 2. The van der Waals surface area contributed by atoms with E-state index in [1.54, 1.807) is 11.3 Å². The molecule has 1 atom stereocenters. The van der Waals surface area contributed by atoms with E-state index in [9.17, 15) is 0 Å². The molecule has 0 aromatic carbocycles. The van der Waals surface area contributed by atoms with E-state index in [2.05, 4.69) is 43.3 Å². The van der Waals surface area contributed by atoms with E-state index in [0.29, 0.717) is 6.10 Å². The third-order valence-electron chi connectivity index (χ3n) is 3.55. The summed E-state index contributed by atoms with van der Waals surface area (Å²) in [5.41, 5.74) is 1.27. The van der Waals surface area contributed by atoms with Crippen molar-refractivity contribution in [3.63, 3.8) is 0 Å². The quantitative estimate of drug-likeness (QED) is 0.873. The highest BCUT2D eigenvalue weighted by Gasteiger charge is 2.22. The number of thiazole rings is 1. The fourth-order valence-electron chi connectivity index (χ4n) is 2.41. The van der Waals surface area contributed by atoms with Crippen LogP contribution in [0.5, 0.6) is 0 Å². The molecule has 1 aliphatic heterocycles. The monoisotopic (exact) mass is 311 g/mol. The molecule has 0 spiro atoms. The minimum atomic E-state index is 0.133. The first-order valence-corrected chi connectivity index (χ1v) is 8.92. The first kappa shape index (κ1) is 16.7. The van der Waals surface area contributed by atoms with Gasteiger partial charge in [0, 0.05) is 37.2 Å². The molecule has 120 valence electrons. The van der Waals surface area contributed by atoms with Crippen LogP contribution < -0.4 is 10.2 Å². The molecular weight excluding hydrogens is 282 g/mol. The van der Waals surface area contributed by atoms with Crippen molar-refractivity contribution in [2.45, 2.75) is 65.1 Å². The van der Waals surface area contributed by atoms with Crippen molar-refractivity contribution in [2.75, 3.05) is 24.6 Å². The van der Waals surface area contributed by atoms with Gasteiger partial charge in [-0.3, -0.25) is 0 Å². The molecule has 21 heavy (non-hydrogen) atoms. The van der Waals surface area contributed by atoms with Crippen LogP contribution in [-0.2, 0) is 11.3 Å². The van der Waals surface area contributed by atoms with Gasteiger partial charge in [0.05, 0.1) is 11.8 Å². The van der Waals surface area contributed by atoms with Crippen molar-refractivity contribution >= 4 is 16.5 Å². The van der Waals surface area contributed by atoms with E-state index >= 15 is 0 Å². The summed E-state index contributed by atoms with van der Waals surface area (Å²) in [7, 11) is 0. The van der Waals surface area contributed by atoms with Crippen LogP contribution in [0.2, 0.25) is 0 Å². The summed E-state index contributed by atoms with van der Waals surface area (Å²) in [6.45, 7) is 12.5. The van der Waals surface area contributed by atoms with Gasteiger partial charge in [0.15, 0.2) is 5.13 Å². The average Bonchev–Trinajstić information content (AvgIpc) is 2.91. The zero-order chi connectivity index (χ0) is 15.3. The third-order valence-corrected chi connectivity index (χ3v) is 4.50. The van der Waals surface area contributed by atoms with Crippen LogP contribution in [0.4, 0.5) is 5.13 Å². The van der Waals surface area contributed by atoms with Crippen LogP contribution in [0.3, 0.4) is 0 Å². The van der Waals surface area contributed by atoms with Crippen LogP contribution in [0.25, 0.3) is 0 Å². The van der Waals surface area contributed by atoms with Crippen molar-refractivity contribution in [3.05, 3.63) is 11.1 Å². The molecule has 0 bridgehead atoms. The molecule has 1 aromatic heterocycles. The number of hydrogen-bond donors (Lipinski definition) is 1. The molecule has 1 N–H and O–H groups in total. The van der Waals surface area contributed by atoms with Gasteiger partial charge in [-0.05, 0) is 40.0 Å². The number of aromatic nitrogens is 1. The Bertz CT molecular complexity index is 427. The van der Waals surface area contributed by atoms with Gasteiger partial charge in [0.1, 0.15) is 0 Å². The minimum Gasteiger partial charge on any atom is -0.376 e. The Morgan fingerprint density at radius 2 is 2.29 bits per heavy atom. The zero-order valence-corrected chi connectivity index (χ0v) is 14.6. The molecule has 0 aliphatic carbocycles. The molecule has 2 heterocycles. The second kappa shape index (κ2) is 7.56. The summed E-state index contributed by atoms with van der Waals surface area (Å²) in [6.07, 6.45) is 3.85. The van der Waals surface area contributed by atoms with E-state index in [-0.39, 0.29) is 5.54 Å². The van der Waals surface area contributed by atoms with E-state index in [1.807, 2.05) is 0 Å². The van der Waals surface area contributed by atoms with Crippen molar-refractivity contribution < 1.29 is 4.74 Å². The topological polar surface area (TPSA) is 37.4 Å². The largest absolute Gasteiger partial charge is 0.376 e. The second-order valence-corrected chi connectivity index (χ2v) is 7.64. The SMILES string of the molecule is CCCOC1CCCN(c2nc(CNC(C)(C)C)cs2)C1. The molecular formula is C16H29N3OS. The van der Waals surface area contributed by atoms with Gasteiger partial charge in [-0.15, -0.1) is 11.3 Å². The molecule has 2 rings (SSSR count). The van der Waals surface area contributed by atoms with Crippen molar-refractivity contribution in [2.24, 2.45) is 0 Å². The third kappa shape index (κ3) is 5.57. The van der Waals surface area contributed by atoms with Gasteiger partial charge in [-0.1, -0.05) is 6.92 Å². The maximum atomic E-state index is 5.91. The fraction of sp³-hybridized carbons (Fsp3) is 0.812. The molecule has 5 heteroatoms. The Labute approximate surface area is 132 Å². The predicted octanol–water partition coefficient (Wildman–Crippen LogP) is 3.43. The lowest BCUT2D eigenvalue weighted by Gasteiger charge is -2.32. The number of anilines is 1. The van der Waals surface area contributed by atoms with E-state index in [0.717, 1.165) is 43.5 Å². The van der Waals surface area contributed by atoms with E-state index in [1.165, 1.54) is 12.8 Å². The van der Waals surface area contributed by atoms with Gasteiger partial charge in [0.2, 0.25) is 0 Å².